The smallest absolute Gasteiger partial charge is 0.0824 e. The average Bonchev–Trinajstić information content (AvgIpc) is 2.86. The molecule has 1 aliphatic heterocycles. The minimum Gasteiger partial charge on any atom is -0.390 e. The van der Waals surface area contributed by atoms with Crippen molar-refractivity contribution in [3.63, 3.8) is 0 Å². The van der Waals surface area contributed by atoms with E-state index in [1.807, 2.05) is 0 Å². The van der Waals surface area contributed by atoms with Crippen LogP contribution in [0.25, 0.3) is 0 Å². The van der Waals surface area contributed by atoms with Crippen LogP contribution in [0.4, 0.5) is 0 Å². The molecule has 102 valence electrons. The molecular weight excluding hydrogens is 224 g/mol. The maximum Gasteiger partial charge on any atom is 0.0824 e. The Morgan fingerprint density at radius 3 is 2.76 bits per heavy atom. The monoisotopic (exact) mass is 248 g/mol. The molecule has 5 nitrogen and oxygen atoms in total. The molecule has 0 bridgehead atoms. The van der Waals surface area contributed by atoms with Crippen LogP contribution in [0.3, 0.4) is 0 Å². The van der Waals surface area contributed by atoms with Crippen molar-refractivity contribution < 1.29 is 24.1 Å². The summed E-state index contributed by atoms with van der Waals surface area (Å²) < 4.78 is 20.8. The van der Waals surface area contributed by atoms with Crippen molar-refractivity contribution in [3.05, 3.63) is 0 Å². The fourth-order valence-corrected chi connectivity index (χ4v) is 1.72. The van der Waals surface area contributed by atoms with Crippen molar-refractivity contribution >= 4 is 0 Å². The first kappa shape index (κ1) is 14.9. The first-order chi connectivity index (χ1) is 8.34. The van der Waals surface area contributed by atoms with Crippen LogP contribution in [0, 0.1) is 5.92 Å². The van der Waals surface area contributed by atoms with Crippen LogP contribution >= 0.6 is 0 Å². The fraction of sp³-hybridized carbons (Fsp3) is 1.00. The Labute approximate surface area is 103 Å². The third-order valence-electron chi connectivity index (χ3n) is 2.81. The average molecular weight is 248 g/mol. The Morgan fingerprint density at radius 1 is 1.24 bits per heavy atom. The molecule has 1 aliphatic rings. The van der Waals surface area contributed by atoms with E-state index >= 15 is 0 Å². The fourth-order valence-electron chi connectivity index (χ4n) is 1.72. The van der Waals surface area contributed by atoms with Crippen molar-refractivity contribution in [1.82, 2.24) is 0 Å². The number of hydrogen-bond acceptors (Lipinski definition) is 5. The lowest BCUT2D eigenvalue weighted by Gasteiger charge is -2.16. The van der Waals surface area contributed by atoms with Crippen molar-refractivity contribution in [2.24, 2.45) is 5.92 Å². The minimum absolute atomic E-state index is 0.234. The molecule has 0 amide bonds. The van der Waals surface area contributed by atoms with Gasteiger partial charge in [-0.1, -0.05) is 0 Å². The molecule has 0 aliphatic carbocycles. The highest BCUT2D eigenvalue weighted by Crippen LogP contribution is 2.16. The van der Waals surface area contributed by atoms with Gasteiger partial charge in [0.15, 0.2) is 0 Å². The zero-order chi connectivity index (χ0) is 12.3. The summed E-state index contributed by atoms with van der Waals surface area (Å²) in [5, 5.41) is 9.76. The maximum absolute atomic E-state index is 9.76. The minimum atomic E-state index is -0.411. The van der Waals surface area contributed by atoms with Gasteiger partial charge in [0, 0.05) is 32.8 Å². The molecule has 17 heavy (non-hydrogen) atoms. The molecule has 0 saturated carbocycles. The van der Waals surface area contributed by atoms with Gasteiger partial charge in [0.2, 0.25) is 0 Å². The van der Waals surface area contributed by atoms with Crippen LogP contribution < -0.4 is 0 Å². The highest BCUT2D eigenvalue weighted by Gasteiger charge is 2.23. The molecule has 0 aromatic heterocycles. The second kappa shape index (κ2) is 9.79. The van der Waals surface area contributed by atoms with Crippen LogP contribution in [-0.2, 0) is 18.9 Å². The number of methoxy groups -OCH3 is 1. The molecule has 1 rings (SSSR count). The van der Waals surface area contributed by atoms with Crippen molar-refractivity contribution in [1.29, 1.82) is 0 Å². The van der Waals surface area contributed by atoms with E-state index in [1.165, 1.54) is 0 Å². The first-order valence-corrected chi connectivity index (χ1v) is 6.25. The van der Waals surface area contributed by atoms with Crippen LogP contribution in [0.5, 0.6) is 0 Å². The van der Waals surface area contributed by atoms with E-state index in [2.05, 4.69) is 0 Å². The second-order valence-electron chi connectivity index (χ2n) is 4.22. The van der Waals surface area contributed by atoms with E-state index in [4.69, 9.17) is 18.9 Å². The van der Waals surface area contributed by atoms with Crippen LogP contribution in [0.15, 0.2) is 0 Å². The third-order valence-corrected chi connectivity index (χ3v) is 2.81. The predicted molar refractivity (Wildman–Crippen MR) is 63.1 cm³/mol. The van der Waals surface area contributed by atoms with E-state index in [-0.39, 0.29) is 5.92 Å². The highest BCUT2D eigenvalue weighted by atomic mass is 16.5. The molecule has 1 saturated heterocycles. The van der Waals surface area contributed by atoms with Gasteiger partial charge in [-0.15, -0.1) is 0 Å². The lowest BCUT2D eigenvalue weighted by Crippen LogP contribution is -2.26. The number of aliphatic hydroxyl groups excluding tert-OH is 1. The topological polar surface area (TPSA) is 57.2 Å². The molecule has 0 spiro atoms. The lowest BCUT2D eigenvalue weighted by atomic mass is 10.0. The first-order valence-electron chi connectivity index (χ1n) is 6.25. The Kier molecular flexibility index (Phi) is 8.56. The molecule has 0 aromatic rings. The summed E-state index contributed by atoms with van der Waals surface area (Å²) in [6.07, 6.45) is 1.42. The van der Waals surface area contributed by atoms with Crippen molar-refractivity contribution in [3.8, 4) is 0 Å². The summed E-state index contributed by atoms with van der Waals surface area (Å²) in [5.41, 5.74) is 0. The Bertz CT molecular complexity index is 170. The van der Waals surface area contributed by atoms with Crippen LogP contribution in [0.1, 0.15) is 12.8 Å². The van der Waals surface area contributed by atoms with Gasteiger partial charge in [0.1, 0.15) is 0 Å². The molecule has 0 aromatic carbocycles. The Balaban J connectivity index is 1.83. The van der Waals surface area contributed by atoms with Gasteiger partial charge < -0.3 is 24.1 Å². The van der Waals surface area contributed by atoms with Gasteiger partial charge >= 0.3 is 0 Å². The van der Waals surface area contributed by atoms with Gasteiger partial charge in [-0.3, -0.25) is 0 Å². The largest absolute Gasteiger partial charge is 0.390 e. The van der Waals surface area contributed by atoms with E-state index in [9.17, 15) is 5.11 Å². The third kappa shape index (κ3) is 6.95. The highest BCUT2D eigenvalue weighted by molar-refractivity contribution is 4.72. The Hall–Kier alpha value is -0.200. The molecule has 2 atom stereocenters. The van der Waals surface area contributed by atoms with E-state index in [0.717, 1.165) is 26.1 Å². The van der Waals surface area contributed by atoms with Gasteiger partial charge in [-0.25, -0.2) is 0 Å². The van der Waals surface area contributed by atoms with Gasteiger partial charge in [0.05, 0.1) is 32.5 Å². The van der Waals surface area contributed by atoms with E-state index < -0.39 is 6.10 Å². The quantitative estimate of drug-likeness (QED) is 0.569. The van der Waals surface area contributed by atoms with Crippen LogP contribution in [-0.4, -0.2) is 64.6 Å². The standard InChI is InChI=1S/C12H24O5/c1-14-4-2-5-15-7-8-17-10-12(13)11-3-6-16-9-11/h11-13H,2-10H2,1H3. The Morgan fingerprint density at radius 2 is 2.06 bits per heavy atom. The molecule has 2 unspecified atom stereocenters. The van der Waals surface area contributed by atoms with E-state index in [1.54, 1.807) is 7.11 Å². The normalized spacial score (nSPS) is 21.9. The van der Waals surface area contributed by atoms with Crippen molar-refractivity contribution in [2.75, 3.05) is 53.4 Å². The second-order valence-corrected chi connectivity index (χ2v) is 4.22. The maximum atomic E-state index is 9.76. The van der Waals surface area contributed by atoms with Crippen LogP contribution in [0.2, 0.25) is 0 Å². The summed E-state index contributed by atoms with van der Waals surface area (Å²) in [7, 11) is 1.68. The van der Waals surface area contributed by atoms with Gasteiger partial charge in [0.25, 0.3) is 0 Å². The zero-order valence-corrected chi connectivity index (χ0v) is 10.6. The number of hydrogen-bond donors (Lipinski definition) is 1. The molecule has 1 fully saturated rings. The molecule has 5 heteroatoms. The summed E-state index contributed by atoms with van der Waals surface area (Å²) in [6, 6.07) is 0. The molecule has 1 N–H and O–H groups in total. The summed E-state index contributed by atoms with van der Waals surface area (Å²) in [6.45, 7) is 4.28. The van der Waals surface area contributed by atoms with Gasteiger partial charge in [-0.05, 0) is 12.8 Å². The zero-order valence-electron chi connectivity index (χ0n) is 10.6. The van der Waals surface area contributed by atoms with Gasteiger partial charge in [-0.2, -0.15) is 0 Å². The number of aliphatic hydroxyl groups is 1. The van der Waals surface area contributed by atoms with E-state index in [0.29, 0.717) is 33.0 Å². The summed E-state index contributed by atoms with van der Waals surface area (Å²) in [5.74, 6) is 0.234. The molecule has 1 heterocycles. The lowest BCUT2D eigenvalue weighted by molar-refractivity contribution is -0.0196. The molecular formula is C12H24O5. The van der Waals surface area contributed by atoms with Crippen molar-refractivity contribution in [2.45, 2.75) is 18.9 Å². The predicted octanol–water partition coefficient (Wildman–Crippen LogP) is 0.453. The molecule has 0 radical (unpaired) electrons. The summed E-state index contributed by atoms with van der Waals surface area (Å²) >= 11 is 0. The SMILES string of the molecule is COCCCOCCOCC(O)C1CCOC1. The number of rotatable bonds is 10. The summed E-state index contributed by atoms with van der Waals surface area (Å²) in [4.78, 5) is 0. The number of ether oxygens (including phenoxy) is 4.